The molecule has 0 amide bonds. The summed E-state index contributed by atoms with van der Waals surface area (Å²) in [6.45, 7) is 3.88. The van der Waals surface area contributed by atoms with Crippen LogP contribution in [0.15, 0.2) is 24.3 Å². The predicted octanol–water partition coefficient (Wildman–Crippen LogP) is 3.77. The standard InChI is InChI=1S/C17H23N3OS/c1-13-6-8-14(9-7-13)15-5-3-4-11-20(15)17-18-16(19-22-17)10-12-21-2/h6-9,15H,3-5,10-12H2,1-2H3. The maximum atomic E-state index is 5.11. The number of aryl methyl sites for hydroxylation is 1. The van der Waals surface area contributed by atoms with Crippen LogP contribution in [0.5, 0.6) is 0 Å². The van der Waals surface area contributed by atoms with Crippen LogP contribution in [-0.2, 0) is 11.2 Å². The van der Waals surface area contributed by atoms with Crippen molar-refractivity contribution in [2.75, 3.05) is 25.2 Å². The third-order valence-electron chi connectivity index (χ3n) is 4.20. The van der Waals surface area contributed by atoms with Crippen LogP contribution in [0.3, 0.4) is 0 Å². The van der Waals surface area contributed by atoms with Gasteiger partial charge in [0, 0.05) is 31.6 Å². The van der Waals surface area contributed by atoms with E-state index in [-0.39, 0.29) is 0 Å². The highest BCUT2D eigenvalue weighted by molar-refractivity contribution is 7.09. The van der Waals surface area contributed by atoms with Crippen molar-refractivity contribution in [2.45, 2.75) is 38.6 Å². The van der Waals surface area contributed by atoms with Gasteiger partial charge in [-0.2, -0.15) is 4.37 Å². The zero-order valence-electron chi connectivity index (χ0n) is 13.3. The quantitative estimate of drug-likeness (QED) is 0.841. The molecular formula is C17H23N3OS. The highest BCUT2D eigenvalue weighted by Gasteiger charge is 2.26. The first kappa shape index (κ1) is 15.4. The van der Waals surface area contributed by atoms with E-state index in [1.807, 2.05) is 0 Å². The lowest BCUT2D eigenvalue weighted by Gasteiger charge is -2.35. The molecule has 0 aliphatic carbocycles. The second kappa shape index (κ2) is 7.20. The Labute approximate surface area is 136 Å². The number of ether oxygens (including phenoxy) is 1. The first-order valence-electron chi connectivity index (χ1n) is 7.92. The van der Waals surface area contributed by atoms with Gasteiger partial charge in [-0.05, 0) is 31.7 Å². The molecule has 118 valence electrons. The van der Waals surface area contributed by atoms with E-state index in [2.05, 4.69) is 40.5 Å². The molecule has 0 saturated carbocycles. The summed E-state index contributed by atoms with van der Waals surface area (Å²) >= 11 is 1.52. The van der Waals surface area contributed by atoms with E-state index in [0.717, 1.165) is 23.9 Å². The van der Waals surface area contributed by atoms with Crippen molar-refractivity contribution in [3.8, 4) is 0 Å². The number of hydrogen-bond acceptors (Lipinski definition) is 5. The molecule has 1 aliphatic rings. The summed E-state index contributed by atoms with van der Waals surface area (Å²) in [6.07, 6.45) is 4.49. The SMILES string of the molecule is COCCc1nsc(N2CCCCC2c2ccc(C)cc2)n1. The number of methoxy groups -OCH3 is 1. The largest absolute Gasteiger partial charge is 0.384 e. The van der Waals surface area contributed by atoms with Crippen LogP contribution < -0.4 is 4.90 Å². The lowest BCUT2D eigenvalue weighted by molar-refractivity contribution is 0.201. The number of hydrogen-bond donors (Lipinski definition) is 0. The maximum Gasteiger partial charge on any atom is 0.205 e. The van der Waals surface area contributed by atoms with E-state index in [1.165, 1.54) is 41.9 Å². The lowest BCUT2D eigenvalue weighted by Crippen LogP contribution is -2.33. The summed E-state index contributed by atoms with van der Waals surface area (Å²) in [6, 6.07) is 9.34. The van der Waals surface area contributed by atoms with Crippen LogP contribution in [0.25, 0.3) is 0 Å². The van der Waals surface area contributed by atoms with Crippen LogP contribution in [0.4, 0.5) is 5.13 Å². The Hall–Kier alpha value is -1.46. The van der Waals surface area contributed by atoms with Gasteiger partial charge in [0.25, 0.3) is 0 Å². The molecule has 2 aromatic rings. The summed E-state index contributed by atoms with van der Waals surface area (Å²) in [5.74, 6) is 0.898. The van der Waals surface area contributed by atoms with Crippen molar-refractivity contribution in [1.82, 2.24) is 9.36 Å². The summed E-state index contributed by atoms with van der Waals surface area (Å²) in [7, 11) is 1.71. The summed E-state index contributed by atoms with van der Waals surface area (Å²) in [5.41, 5.74) is 2.70. The van der Waals surface area contributed by atoms with Crippen molar-refractivity contribution in [2.24, 2.45) is 0 Å². The Balaban J connectivity index is 1.80. The topological polar surface area (TPSA) is 38.2 Å². The van der Waals surface area contributed by atoms with Gasteiger partial charge in [0.15, 0.2) is 0 Å². The molecule has 5 heteroatoms. The zero-order chi connectivity index (χ0) is 15.4. The Morgan fingerprint density at radius 2 is 2.09 bits per heavy atom. The second-order valence-electron chi connectivity index (χ2n) is 5.85. The minimum Gasteiger partial charge on any atom is -0.384 e. The Kier molecular flexibility index (Phi) is 5.05. The molecule has 1 aromatic heterocycles. The van der Waals surface area contributed by atoms with Crippen LogP contribution in [-0.4, -0.2) is 29.6 Å². The first-order valence-corrected chi connectivity index (χ1v) is 8.70. The molecule has 1 aliphatic heterocycles. The molecule has 4 nitrogen and oxygen atoms in total. The summed E-state index contributed by atoms with van der Waals surface area (Å²) < 4.78 is 9.59. The smallest absolute Gasteiger partial charge is 0.205 e. The minimum absolute atomic E-state index is 0.428. The monoisotopic (exact) mass is 317 g/mol. The third-order valence-corrected chi connectivity index (χ3v) is 4.99. The number of rotatable bonds is 5. The molecule has 1 fully saturated rings. The Morgan fingerprint density at radius 3 is 2.86 bits per heavy atom. The molecule has 1 aromatic carbocycles. The molecule has 0 spiro atoms. The molecule has 0 radical (unpaired) electrons. The first-order chi connectivity index (χ1) is 10.8. The molecule has 0 N–H and O–H groups in total. The molecule has 3 rings (SSSR count). The van der Waals surface area contributed by atoms with Gasteiger partial charge < -0.3 is 9.64 Å². The van der Waals surface area contributed by atoms with Crippen LogP contribution >= 0.6 is 11.5 Å². The van der Waals surface area contributed by atoms with Crippen LogP contribution in [0.1, 0.15) is 42.3 Å². The van der Waals surface area contributed by atoms with E-state index in [4.69, 9.17) is 9.72 Å². The number of benzene rings is 1. The molecule has 1 atom stereocenters. The fourth-order valence-corrected chi connectivity index (χ4v) is 3.74. The summed E-state index contributed by atoms with van der Waals surface area (Å²) in [4.78, 5) is 7.15. The predicted molar refractivity (Wildman–Crippen MR) is 90.6 cm³/mol. The fourth-order valence-electron chi connectivity index (χ4n) is 2.95. The van der Waals surface area contributed by atoms with Crippen molar-refractivity contribution in [3.05, 3.63) is 41.2 Å². The zero-order valence-corrected chi connectivity index (χ0v) is 14.1. The molecule has 2 heterocycles. The van der Waals surface area contributed by atoms with E-state index in [1.54, 1.807) is 7.11 Å². The number of nitrogens with zero attached hydrogens (tertiary/aromatic N) is 3. The molecule has 22 heavy (non-hydrogen) atoms. The van der Waals surface area contributed by atoms with Gasteiger partial charge in [0.2, 0.25) is 5.13 Å². The second-order valence-corrected chi connectivity index (χ2v) is 6.58. The van der Waals surface area contributed by atoms with Crippen LogP contribution in [0, 0.1) is 6.92 Å². The minimum atomic E-state index is 0.428. The van der Waals surface area contributed by atoms with Crippen molar-refractivity contribution in [3.63, 3.8) is 0 Å². The van der Waals surface area contributed by atoms with Gasteiger partial charge in [-0.25, -0.2) is 4.98 Å². The van der Waals surface area contributed by atoms with Gasteiger partial charge in [-0.1, -0.05) is 29.8 Å². The van der Waals surface area contributed by atoms with E-state index in [9.17, 15) is 0 Å². The number of anilines is 1. The average Bonchev–Trinajstić information content (AvgIpc) is 3.02. The third kappa shape index (κ3) is 3.47. The Morgan fingerprint density at radius 1 is 1.27 bits per heavy atom. The van der Waals surface area contributed by atoms with Crippen molar-refractivity contribution in [1.29, 1.82) is 0 Å². The van der Waals surface area contributed by atoms with Crippen LogP contribution in [0.2, 0.25) is 0 Å². The molecule has 1 saturated heterocycles. The van der Waals surface area contributed by atoms with Crippen molar-refractivity contribution >= 4 is 16.7 Å². The van der Waals surface area contributed by atoms with Gasteiger partial charge in [0.1, 0.15) is 5.82 Å². The van der Waals surface area contributed by atoms with Gasteiger partial charge in [0.05, 0.1) is 12.6 Å². The van der Waals surface area contributed by atoms with Gasteiger partial charge >= 0.3 is 0 Å². The van der Waals surface area contributed by atoms with Gasteiger partial charge in [-0.3, -0.25) is 0 Å². The number of aromatic nitrogens is 2. The molecule has 1 unspecified atom stereocenters. The Bertz CT molecular complexity index is 596. The van der Waals surface area contributed by atoms with E-state index in [0.29, 0.717) is 12.6 Å². The van der Waals surface area contributed by atoms with E-state index < -0.39 is 0 Å². The van der Waals surface area contributed by atoms with E-state index >= 15 is 0 Å². The van der Waals surface area contributed by atoms with Crippen molar-refractivity contribution < 1.29 is 4.74 Å². The van der Waals surface area contributed by atoms with Gasteiger partial charge in [-0.15, -0.1) is 0 Å². The average molecular weight is 317 g/mol. The number of piperidine rings is 1. The fraction of sp³-hybridized carbons (Fsp3) is 0.529. The molecule has 0 bridgehead atoms. The highest BCUT2D eigenvalue weighted by atomic mass is 32.1. The maximum absolute atomic E-state index is 5.11. The summed E-state index contributed by atoms with van der Waals surface area (Å²) in [5, 5.41) is 1.05. The highest BCUT2D eigenvalue weighted by Crippen LogP contribution is 2.35. The lowest BCUT2D eigenvalue weighted by atomic mass is 9.95. The normalized spacial score (nSPS) is 18.6. The molecular weight excluding hydrogens is 294 g/mol.